The fourth-order valence-electron chi connectivity index (χ4n) is 2.08. The van der Waals surface area contributed by atoms with Gasteiger partial charge >= 0.3 is 0 Å². The summed E-state index contributed by atoms with van der Waals surface area (Å²) < 4.78 is 11.6. The first-order valence-corrected chi connectivity index (χ1v) is 8.70. The smallest absolute Gasteiger partial charge is 0.277 e. The second-order valence-electron chi connectivity index (χ2n) is 5.15. The maximum Gasteiger partial charge on any atom is 0.277 e. The molecule has 0 saturated heterocycles. The van der Waals surface area contributed by atoms with Gasteiger partial charge in [-0.25, -0.2) is 5.43 Å². The van der Waals surface area contributed by atoms with Crippen LogP contribution in [0.5, 0.6) is 5.75 Å². The number of carbonyl (C=O) groups is 1. The number of hydrogen-bond donors (Lipinski definition) is 1. The molecule has 132 valence electrons. The number of hydrogen-bond acceptors (Lipinski definition) is 5. The standard InChI is InChI=1S/C18H13BrClN3O3/c19-13-3-6-16(15(9-13)17-7-8-22-26-17)25-11-18(24)23-21-10-12-1-4-14(20)5-2-12/h1-10H,11H2,(H,23,24)/b21-10+. The van der Waals surface area contributed by atoms with Crippen molar-refractivity contribution in [3.63, 3.8) is 0 Å². The van der Waals surface area contributed by atoms with E-state index >= 15 is 0 Å². The molecule has 0 saturated carbocycles. The number of benzene rings is 2. The third kappa shape index (κ3) is 4.93. The van der Waals surface area contributed by atoms with Crippen molar-refractivity contribution in [1.29, 1.82) is 0 Å². The Kier molecular flexibility index (Phi) is 6.04. The van der Waals surface area contributed by atoms with Crippen molar-refractivity contribution in [3.05, 3.63) is 69.8 Å². The first-order valence-electron chi connectivity index (χ1n) is 7.53. The lowest BCUT2D eigenvalue weighted by atomic mass is 10.1. The topological polar surface area (TPSA) is 76.7 Å². The van der Waals surface area contributed by atoms with Gasteiger partial charge < -0.3 is 9.26 Å². The van der Waals surface area contributed by atoms with Crippen LogP contribution in [0.4, 0.5) is 0 Å². The molecule has 0 radical (unpaired) electrons. The normalized spacial score (nSPS) is 10.8. The minimum atomic E-state index is -0.387. The van der Waals surface area contributed by atoms with Crippen molar-refractivity contribution >= 4 is 39.7 Å². The fourth-order valence-corrected chi connectivity index (χ4v) is 2.57. The van der Waals surface area contributed by atoms with Crippen LogP contribution in [-0.2, 0) is 4.79 Å². The van der Waals surface area contributed by atoms with Crippen LogP contribution in [0, 0.1) is 0 Å². The molecule has 8 heteroatoms. The molecule has 2 aromatic carbocycles. The third-order valence-corrected chi connectivity index (χ3v) is 4.02. The Morgan fingerprint density at radius 3 is 2.81 bits per heavy atom. The quantitative estimate of drug-likeness (QED) is 0.464. The fraction of sp³-hybridized carbons (Fsp3) is 0.0556. The average Bonchev–Trinajstić information content (AvgIpc) is 3.17. The lowest BCUT2D eigenvalue weighted by Crippen LogP contribution is -2.24. The minimum absolute atomic E-state index is 0.194. The van der Waals surface area contributed by atoms with Gasteiger partial charge in [-0.3, -0.25) is 4.79 Å². The lowest BCUT2D eigenvalue weighted by Gasteiger charge is -2.09. The minimum Gasteiger partial charge on any atom is -0.483 e. The van der Waals surface area contributed by atoms with Crippen LogP contribution in [0.3, 0.4) is 0 Å². The SMILES string of the molecule is O=C(COc1ccc(Br)cc1-c1ccno1)N/N=C/c1ccc(Cl)cc1. The van der Waals surface area contributed by atoms with Gasteiger partial charge in [0, 0.05) is 15.6 Å². The predicted molar refractivity (Wildman–Crippen MR) is 102 cm³/mol. The van der Waals surface area contributed by atoms with E-state index in [1.54, 1.807) is 36.4 Å². The lowest BCUT2D eigenvalue weighted by molar-refractivity contribution is -0.123. The molecule has 26 heavy (non-hydrogen) atoms. The first kappa shape index (κ1) is 18.2. The van der Waals surface area contributed by atoms with E-state index in [0.717, 1.165) is 10.0 Å². The highest BCUT2D eigenvalue weighted by atomic mass is 79.9. The van der Waals surface area contributed by atoms with Crippen LogP contribution < -0.4 is 10.2 Å². The van der Waals surface area contributed by atoms with Crippen LogP contribution in [0.15, 0.2) is 68.8 Å². The molecule has 0 bridgehead atoms. The number of nitrogens with zero attached hydrogens (tertiary/aromatic N) is 2. The van der Waals surface area contributed by atoms with E-state index in [4.69, 9.17) is 20.9 Å². The van der Waals surface area contributed by atoms with Crippen molar-refractivity contribution in [3.8, 4) is 17.1 Å². The molecule has 6 nitrogen and oxygen atoms in total. The van der Waals surface area contributed by atoms with Crippen LogP contribution in [-0.4, -0.2) is 23.9 Å². The molecular formula is C18H13BrClN3O3. The molecule has 3 rings (SSSR count). The zero-order valence-electron chi connectivity index (χ0n) is 13.4. The summed E-state index contributed by atoms with van der Waals surface area (Å²) in [7, 11) is 0. The van der Waals surface area contributed by atoms with Crippen molar-refractivity contribution < 1.29 is 14.1 Å². The van der Waals surface area contributed by atoms with Gasteiger partial charge in [0.1, 0.15) is 5.75 Å². The largest absolute Gasteiger partial charge is 0.483 e. The molecule has 3 aromatic rings. The summed E-state index contributed by atoms with van der Waals surface area (Å²) >= 11 is 9.21. The maximum atomic E-state index is 11.9. The molecule has 0 spiro atoms. The number of ether oxygens (including phenoxy) is 1. The molecule has 0 aliphatic heterocycles. The van der Waals surface area contributed by atoms with E-state index in [0.29, 0.717) is 22.1 Å². The molecule has 1 heterocycles. The molecule has 0 aliphatic carbocycles. The summed E-state index contributed by atoms with van der Waals surface area (Å²) in [6, 6.07) is 14.2. The Morgan fingerprint density at radius 1 is 1.27 bits per heavy atom. The molecule has 1 aromatic heterocycles. The zero-order valence-corrected chi connectivity index (χ0v) is 15.7. The van der Waals surface area contributed by atoms with E-state index in [9.17, 15) is 4.79 Å². The van der Waals surface area contributed by atoms with Gasteiger partial charge in [0.05, 0.1) is 18.0 Å². The molecule has 0 atom stereocenters. The molecular weight excluding hydrogens is 422 g/mol. The Balaban J connectivity index is 1.59. The third-order valence-electron chi connectivity index (χ3n) is 3.28. The van der Waals surface area contributed by atoms with Gasteiger partial charge in [-0.1, -0.05) is 44.8 Å². The van der Waals surface area contributed by atoms with Crippen molar-refractivity contribution in [2.24, 2.45) is 5.10 Å². The van der Waals surface area contributed by atoms with Crippen molar-refractivity contribution in [2.75, 3.05) is 6.61 Å². The summed E-state index contributed by atoms with van der Waals surface area (Å²) in [5.41, 5.74) is 3.91. The Labute approximate surface area is 162 Å². The van der Waals surface area contributed by atoms with Crippen LogP contribution >= 0.6 is 27.5 Å². The highest BCUT2D eigenvalue weighted by Crippen LogP contribution is 2.32. The van der Waals surface area contributed by atoms with Gasteiger partial charge in [-0.05, 0) is 35.9 Å². The number of aromatic nitrogens is 1. The molecule has 0 unspecified atom stereocenters. The van der Waals surface area contributed by atoms with Gasteiger partial charge in [0.25, 0.3) is 5.91 Å². The van der Waals surface area contributed by atoms with E-state index in [2.05, 4.69) is 31.6 Å². The van der Waals surface area contributed by atoms with Crippen LogP contribution in [0.2, 0.25) is 5.02 Å². The summed E-state index contributed by atoms with van der Waals surface area (Å²) in [6.07, 6.45) is 3.06. The summed E-state index contributed by atoms with van der Waals surface area (Å²) in [4.78, 5) is 11.9. The second-order valence-corrected chi connectivity index (χ2v) is 6.50. The number of carbonyl (C=O) groups excluding carboxylic acids is 1. The summed E-state index contributed by atoms with van der Waals surface area (Å²) in [5, 5.41) is 8.21. The highest BCUT2D eigenvalue weighted by molar-refractivity contribution is 9.10. The van der Waals surface area contributed by atoms with E-state index in [-0.39, 0.29) is 12.5 Å². The molecule has 0 aliphatic rings. The van der Waals surface area contributed by atoms with Crippen LogP contribution in [0.1, 0.15) is 5.56 Å². The monoisotopic (exact) mass is 433 g/mol. The van der Waals surface area contributed by atoms with Gasteiger partial charge in [0.15, 0.2) is 12.4 Å². The van der Waals surface area contributed by atoms with E-state index in [1.807, 2.05) is 12.1 Å². The molecule has 1 N–H and O–H groups in total. The van der Waals surface area contributed by atoms with E-state index in [1.165, 1.54) is 12.4 Å². The summed E-state index contributed by atoms with van der Waals surface area (Å²) in [6.45, 7) is -0.194. The van der Waals surface area contributed by atoms with Gasteiger partial charge in [0.2, 0.25) is 0 Å². The van der Waals surface area contributed by atoms with Crippen molar-refractivity contribution in [2.45, 2.75) is 0 Å². The average molecular weight is 435 g/mol. The van der Waals surface area contributed by atoms with Crippen molar-refractivity contribution in [1.82, 2.24) is 10.6 Å². The number of amides is 1. The zero-order chi connectivity index (χ0) is 18.4. The van der Waals surface area contributed by atoms with E-state index < -0.39 is 0 Å². The number of hydrazone groups is 1. The van der Waals surface area contributed by atoms with Gasteiger partial charge in [-0.2, -0.15) is 5.10 Å². The first-order chi connectivity index (χ1) is 12.6. The predicted octanol–water partition coefficient (Wildman–Crippen LogP) is 4.29. The Hall–Kier alpha value is -2.64. The Bertz CT molecular complexity index is 912. The number of halogens is 2. The molecule has 1 amide bonds. The second kappa shape index (κ2) is 8.64. The Morgan fingerprint density at radius 2 is 2.08 bits per heavy atom. The van der Waals surface area contributed by atoms with Crippen LogP contribution in [0.25, 0.3) is 11.3 Å². The summed E-state index contributed by atoms with van der Waals surface area (Å²) in [5.74, 6) is 0.658. The van der Waals surface area contributed by atoms with Gasteiger partial charge in [-0.15, -0.1) is 0 Å². The highest BCUT2D eigenvalue weighted by Gasteiger charge is 2.12. The number of nitrogens with one attached hydrogen (secondary N) is 1. The maximum absolute atomic E-state index is 11.9. The number of rotatable bonds is 6. The molecule has 0 fully saturated rings.